The molecular formula is C13H16BrFN4. The van der Waals surface area contributed by atoms with Crippen LogP contribution in [0.15, 0.2) is 28.9 Å². The summed E-state index contributed by atoms with van der Waals surface area (Å²) in [5, 5.41) is 4.20. The number of nitrogens with zero attached hydrogens (tertiary/aromatic N) is 2. The summed E-state index contributed by atoms with van der Waals surface area (Å²) in [4.78, 5) is 0. The molecule has 1 unspecified atom stereocenters. The van der Waals surface area contributed by atoms with Crippen LogP contribution in [0.3, 0.4) is 0 Å². The van der Waals surface area contributed by atoms with E-state index in [1.807, 2.05) is 20.0 Å². The Balaban J connectivity index is 2.26. The van der Waals surface area contributed by atoms with Gasteiger partial charge in [-0.25, -0.2) is 4.39 Å². The smallest absolute Gasteiger partial charge is 0.124 e. The molecule has 1 heterocycles. The van der Waals surface area contributed by atoms with Gasteiger partial charge < -0.3 is 0 Å². The average molecular weight is 327 g/mol. The second-order valence-electron chi connectivity index (χ2n) is 4.51. The maximum absolute atomic E-state index is 13.4. The predicted octanol–water partition coefficient (Wildman–Crippen LogP) is 2.38. The fourth-order valence-electron chi connectivity index (χ4n) is 2.08. The first-order valence-electron chi connectivity index (χ1n) is 5.91. The topological polar surface area (TPSA) is 55.9 Å². The molecule has 0 spiro atoms. The van der Waals surface area contributed by atoms with E-state index in [0.717, 1.165) is 21.3 Å². The number of hydrazine groups is 1. The molecule has 6 heteroatoms. The summed E-state index contributed by atoms with van der Waals surface area (Å²) in [5.41, 5.74) is 5.70. The molecule has 19 heavy (non-hydrogen) atoms. The van der Waals surface area contributed by atoms with E-state index < -0.39 is 0 Å². The molecule has 1 atom stereocenters. The molecule has 0 amide bonds. The second-order valence-corrected chi connectivity index (χ2v) is 5.43. The number of aromatic nitrogens is 2. The van der Waals surface area contributed by atoms with Crippen LogP contribution >= 0.6 is 15.9 Å². The fourth-order valence-corrected chi connectivity index (χ4v) is 2.59. The number of aryl methyl sites for hydroxylation is 1. The summed E-state index contributed by atoms with van der Waals surface area (Å²) >= 11 is 3.29. The van der Waals surface area contributed by atoms with Crippen molar-refractivity contribution in [3.05, 3.63) is 51.5 Å². The largest absolute Gasteiger partial charge is 0.273 e. The van der Waals surface area contributed by atoms with Crippen LogP contribution in [-0.2, 0) is 13.5 Å². The Labute approximate surface area is 119 Å². The molecule has 0 radical (unpaired) electrons. The minimum atomic E-state index is -0.261. The van der Waals surface area contributed by atoms with Gasteiger partial charge in [0.15, 0.2) is 0 Å². The molecule has 0 saturated heterocycles. The Morgan fingerprint density at radius 2 is 2.21 bits per heavy atom. The normalized spacial score (nSPS) is 12.7. The first-order valence-corrected chi connectivity index (χ1v) is 6.70. The average Bonchev–Trinajstić information content (AvgIpc) is 2.66. The van der Waals surface area contributed by atoms with Gasteiger partial charge >= 0.3 is 0 Å². The van der Waals surface area contributed by atoms with Crippen molar-refractivity contribution in [2.75, 3.05) is 0 Å². The second kappa shape index (κ2) is 5.81. The summed E-state index contributed by atoms with van der Waals surface area (Å²) in [6.45, 7) is 1.98. The standard InChI is InChI=1S/C13H16BrFN4/c1-8-12(7-17-19(8)2)13(18-16)5-9-3-10(14)6-11(15)4-9/h3-4,6-7,13,18H,5,16H2,1-2H3. The van der Waals surface area contributed by atoms with Crippen molar-refractivity contribution in [2.45, 2.75) is 19.4 Å². The Morgan fingerprint density at radius 1 is 1.47 bits per heavy atom. The van der Waals surface area contributed by atoms with Gasteiger partial charge in [-0.1, -0.05) is 15.9 Å². The molecule has 2 rings (SSSR count). The molecular weight excluding hydrogens is 311 g/mol. The van der Waals surface area contributed by atoms with Gasteiger partial charge in [-0.3, -0.25) is 16.0 Å². The van der Waals surface area contributed by atoms with Crippen LogP contribution in [0.25, 0.3) is 0 Å². The van der Waals surface area contributed by atoms with E-state index in [1.165, 1.54) is 12.1 Å². The molecule has 0 aliphatic carbocycles. The quantitative estimate of drug-likeness (QED) is 0.670. The van der Waals surface area contributed by atoms with Crippen molar-refractivity contribution in [3.63, 3.8) is 0 Å². The third-order valence-corrected chi connectivity index (χ3v) is 3.67. The molecule has 1 aromatic carbocycles. The maximum Gasteiger partial charge on any atom is 0.124 e. The molecule has 3 N–H and O–H groups in total. The van der Waals surface area contributed by atoms with Crippen molar-refractivity contribution >= 4 is 15.9 Å². The van der Waals surface area contributed by atoms with Gasteiger partial charge in [0, 0.05) is 22.8 Å². The highest BCUT2D eigenvalue weighted by atomic mass is 79.9. The highest BCUT2D eigenvalue weighted by Crippen LogP contribution is 2.23. The Bertz CT molecular complexity index is 562. The number of hydrogen-bond donors (Lipinski definition) is 2. The van der Waals surface area contributed by atoms with Gasteiger partial charge in [0.1, 0.15) is 5.82 Å². The Morgan fingerprint density at radius 3 is 2.74 bits per heavy atom. The molecule has 0 aliphatic heterocycles. The van der Waals surface area contributed by atoms with E-state index >= 15 is 0 Å². The number of nitrogens with one attached hydrogen (secondary N) is 1. The van der Waals surface area contributed by atoms with E-state index in [2.05, 4.69) is 26.5 Å². The minimum Gasteiger partial charge on any atom is -0.273 e. The first-order chi connectivity index (χ1) is 9.01. The number of halogens is 2. The fraction of sp³-hybridized carbons (Fsp3) is 0.308. The van der Waals surface area contributed by atoms with Gasteiger partial charge in [-0.2, -0.15) is 5.10 Å². The van der Waals surface area contributed by atoms with Crippen LogP contribution < -0.4 is 11.3 Å². The minimum absolute atomic E-state index is 0.0950. The maximum atomic E-state index is 13.4. The van der Waals surface area contributed by atoms with Crippen molar-refractivity contribution in [1.29, 1.82) is 0 Å². The molecule has 2 aromatic rings. The zero-order valence-electron chi connectivity index (χ0n) is 10.8. The molecule has 4 nitrogen and oxygen atoms in total. The summed E-state index contributed by atoms with van der Waals surface area (Å²) in [6.07, 6.45) is 2.38. The molecule has 0 fully saturated rings. The molecule has 102 valence electrons. The van der Waals surface area contributed by atoms with E-state index in [0.29, 0.717) is 6.42 Å². The monoisotopic (exact) mass is 326 g/mol. The lowest BCUT2D eigenvalue weighted by Crippen LogP contribution is -2.30. The van der Waals surface area contributed by atoms with Crippen LogP contribution in [0.1, 0.15) is 22.9 Å². The third-order valence-electron chi connectivity index (χ3n) is 3.21. The van der Waals surface area contributed by atoms with E-state index in [-0.39, 0.29) is 11.9 Å². The number of nitrogens with two attached hydrogens (primary N) is 1. The summed E-state index contributed by atoms with van der Waals surface area (Å²) in [6, 6.07) is 4.74. The zero-order chi connectivity index (χ0) is 14.0. The number of benzene rings is 1. The zero-order valence-corrected chi connectivity index (χ0v) is 12.4. The molecule has 0 aliphatic rings. The third kappa shape index (κ3) is 3.20. The van der Waals surface area contributed by atoms with Crippen molar-refractivity contribution in [3.8, 4) is 0 Å². The first kappa shape index (κ1) is 14.2. The molecule has 0 saturated carbocycles. The van der Waals surface area contributed by atoms with Crippen molar-refractivity contribution < 1.29 is 4.39 Å². The number of hydrogen-bond acceptors (Lipinski definition) is 3. The van der Waals surface area contributed by atoms with Crippen LogP contribution in [0.5, 0.6) is 0 Å². The summed E-state index contributed by atoms with van der Waals surface area (Å²) < 4.78 is 15.9. The highest BCUT2D eigenvalue weighted by Gasteiger charge is 2.16. The lowest BCUT2D eigenvalue weighted by atomic mass is 10.00. The number of rotatable bonds is 4. The van der Waals surface area contributed by atoms with Crippen molar-refractivity contribution in [2.24, 2.45) is 12.9 Å². The van der Waals surface area contributed by atoms with Gasteiger partial charge in [0.2, 0.25) is 0 Å². The highest BCUT2D eigenvalue weighted by molar-refractivity contribution is 9.10. The Hall–Kier alpha value is -1.24. The predicted molar refractivity (Wildman–Crippen MR) is 75.8 cm³/mol. The SMILES string of the molecule is Cc1c(C(Cc2cc(F)cc(Br)c2)NN)cnn1C. The van der Waals surface area contributed by atoms with Gasteiger partial charge in [0.25, 0.3) is 0 Å². The summed E-state index contributed by atoms with van der Waals surface area (Å²) in [5.74, 6) is 5.35. The van der Waals surface area contributed by atoms with Crippen LogP contribution in [0.4, 0.5) is 4.39 Å². The van der Waals surface area contributed by atoms with E-state index in [4.69, 9.17) is 5.84 Å². The van der Waals surface area contributed by atoms with Gasteiger partial charge in [-0.05, 0) is 37.1 Å². The summed E-state index contributed by atoms with van der Waals surface area (Å²) in [7, 11) is 1.88. The van der Waals surface area contributed by atoms with Crippen LogP contribution in [-0.4, -0.2) is 9.78 Å². The Kier molecular flexibility index (Phi) is 4.34. The lowest BCUT2D eigenvalue weighted by Gasteiger charge is -2.16. The van der Waals surface area contributed by atoms with Gasteiger partial charge in [-0.15, -0.1) is 0 Å². The van der Waals surface area contributed by atoms with E-state index in [1.54, 1.807) is 10.9 Å². The van der Waals surface area contributed by atoms with Crippen molar-refractivity contribution in [1.82, 2.24) is 15.2 Å². The van der Waals surface area contributed by atoms with Gasteiger partial charge in [0.05, 0.1) is 12.2 Å². The molecule has 1 aromatic heterocycles. The lowest BCUT2D eigenvalue weighted by molar-refractivity contribution is 0.544. The van der Waals surface area contributed by atoms with E-state index in [9.17, 15) is 4.39 Å². The van der Waals surface area contributed by atoms with Crippen LogP contribution in [0.2, 0.25) is 0 Å². The molecule has 0 bridgehead atoms. The van der Waals surface area contributed by atoms with Crippen LogP contribution in [0, 0.1) is 12.7 Å².